The summed E-state index contributed by atoms with van der Waals surface area (Å²) in [7, 11) is 0. The van der Waals surface area contributed by atoms with Crippen LogP contribution in [0.25, 0.3) is 50.0 Å². The zero-order valence-corrected chi connectivity index (χ0v) is 25.4. The molecular formula is C39H31N4S+. The highest BCUT2D eigenvalue weighted by atomic mass is 32.2. The molecule has 0 unspecified atom stereocenters. The van der Waals surface area contributed by atoms with Crippen LogP contribution in [0.1, 0.15) is 25.3 Å². The van der Waals surface area contributed by atoms with Crippen LogP contribution in [-0.4, -0.2) is 18.7 Å². The Labute approximate surface area is 260 Å². The molecule has 0 fully saturated rings. The van der Waals surface area contributed by atoms with Gasteiger partial charge in [-0.05, 0) is 66.1 Å². The fourth-order valence-electron chi connectivity index (χ4n) is 6.12. The second-order valence-electron chi connectivity index (χ2n) is 11.4. The maximum atomic E-state index is 4.82. The number of benzene rings is 5. The van der Waals surface area contributed by atoms with Crippen LogP contribution in [0.15, 0.2) is 156 Å². The van der Waals surface area contributed by atoms with Crippen molar-refractivity contribution in [3.05, 3.63) is 152 Å². The number of hydrogen-bond donors (Lipinski definition) is 0. The first kappa shape index (κ1) is 26.5. The molecule has 0 radical (unpaired) electrons. The van der Waals surface area contributed by atoms with E-state index in [0.717, 1.165) is 17.2 Å². The van der Waals surface area contributed by atoms with Crippen molar-refractivity contribution in [2.45, 2.75) is 29.6 Å². The molecule has 0 spiro atoms. The van der Waals surface area contributed by atoms with Crippen LogP contribution < -0.4 is 0 Å². The van der Waals surface area contributed by atoms with Gasteiger partial charge in [-0.1, -0.05) is 86.3 Å². The Morgan fingerprint density at radius 3 is 2.02 bits per heavy atom. The molecule has 0 saturated carbocycles. The monoisotopic (exact) mass is 587 g/mol. The number of imidazole rings is 1. The van der Waals surface area contributed by atoms with Gasteiger partial charge in [0.15, 0.2) is 17.4 Å². The smallest absolute Gasteiger partial charge is 0.168 e. The summed E-state index contributed by atoms with van der Waals surface area (Å²) in [4.78, 5) is 7.20. The molecule has 212 valence electrons. The first-order valence-electron chi connectivity index (χ1n) is 15.0. The van der Waals surface area contributed by atoms with E-state index in [2.05, 4.69) is 167 Å². The van der Waals surface area contributed by atoms with Crippen LogP contribution in [-0.2, 0) is 0 Å². The van der Waals surface area contributed by atoms with Crippen molar-refractivity contribution in [1.29, 1.82) is 0 Å². The van der Waals surface area contributed by atoms with Crippen LogP contribution >= 0.6 is 11.8 Å². The third kappa shape index (κ3) is 4.57. The first-order valence-corrected chi connectivity index (χ1v) is 15.8. The Hall–Kier alpha value is -5.13. The van der Waals surface area contributed by atoms with Gasteiger partial charge in [0.2, 0.25) is 0 Å². The molecule has 0 aliphatic rings. The summed E-state index contributed by atoms with van der Waals surface area (Å²) in [5.41, 5.74) is 8.24. The summed E-state index contributed by atoms with van der Waals surface area (Å²) in [5.74, 6) is 1.39. The molecule has 5 heteroatoms. The van der Waals surface area contributed by atoms with Crippen molar-refractivity contribution >= 4 is 44.6 Å². The fraction of sp³-hybridized carbons (Fsp3) is 0.0769. The van der Waals surface area contributed by atoms with Gasteiger partial charge in [-0.25, -0.2) is 4.98 Å². The Bertz CT molecular complexity index is 2300. The second kappa shape index (κ2) is 10.9. The third-order valence-corrected chi connectivity index (χ3v) is 9.29. The maximum Gasteiger partial charge on any atom is 0.168 e. The maximum absolute atomic E-state index is 4.82. The van der Waals surface area contributed by atoms with Crippen molar-refractivity contribution in [2.24, 2.45) is 0 Å². The number of pyridine rings is 1. The van der Waals surface area contributed by atoms with Crippen molar-refractivity contribution < 1.29 is 0 Å². The van der Waals surface area contributed by atoms with Crippen molar-refractivity contribution in [3.63, 3.8) is 0 Å². The van der Waals surface area contributed by atoms with Gasteiger partial charge >= 0.3 is 0 Å². The van der Waals surface area contributed by atoms with Crippen molar-refractivity contribution in [1.82, 2.24) is 18.7 Å². The number of fused-ring (bicyclic) bond motifs is 4. The fourth-order valence-corrected chi connectivity index (χ4v) is 7.03. The van der Waals surface area contributed by atoms with Gasteiger partial charge in [-0.3, -0.25) is 4.57 Å². The number of para-hydroxylation sites is 4. The van der Waals surface area contributed by atoms with Gasteiger partial charge in [0, 0.05) is 45.0 Å². The Balaban J connectivity index is 1.21. The summed E-state index contributed by atoms with van der Waals surface area (Å²) < 4.78 is 6.84. The number of rotatable bonds is 6. The van der Waals surface area contributed by atoms with Crippen LogP contribution in [0.5, 0.6) is 0 Å². The van der Waals surface area contributed by atoms with Crippen LogP contribution in [0.4, 0.5) is 0 Å². The van der Waals surface area contributed by atoms with E-state index in [1.54, 1.807) is 11.8 Å². The van der Waals surface area contributed by atoms with Crippen LogP contribution in [0, 0.1) is 0 Å². The highest BCUT2D eigenvalue weighted by Crippen LogP contribution is 2.37. The van der Waals surface area contributed by atoms with E-state index in [0.29, 0.717) is 5.92 Å². The van der Waals surface area contributed by atoms with E-state index < -0.39 is 0 Å². The average Bonchev–Trinajstić information content (AvgIpc) is 3.61. The molecule has 8 rings (SSSR count). The lowest BCUT2D eigenvalue weighted by Gasteiger charge is -2.11. The third-order valence-electron chi connectivity index (χ3n) is 8.31. The minimum atomic E-state index is 0.433. The molecule has 0 aliphatic heterocycles. The highest BCUT2D eigenvalue weighted by Gasteiger charge is 2.18. The zero-order chi connectivity index (χ0) is 29.6. The summed E-state index contributed by atoms with van der Waals surface area (Å²) in [6.45, 7) is 4.46. The van der Waals surface area contributed by atoms with E-state index >= 15 is 0 Å². The van der Waals surface area contributed by atoms with Gasteiger partial charge < -0.3 is 0 Å². The average molecular weight is 588 g/mol. The minimum absolute atomic E-state index is 0.433. The lowest BCUT2D eigenvalue weighted by molar-refractivity contribution is 0.858. The number of aromatic nitrogens is 4. The minimum Gasteiger partial charge on any atom is -0.294 e. The molecule has 0 saturated heterocycles. The lowest BCUT2D eigenvalue weighted by Crippen LogP contribution is -1.99. The zero-order valence-electron chi connectivity index (χ0n) is 24.6. The van der Waals surface area contributed by atoms with E-state index in [1.165, 1.54) is 48.2 Å². The Morgan fingerprint density at radius 2 is 1.23 bits per heavy atom. The van der Waals surface area contributed by atoms with Crippen molar-refractivity contribution in [3.8, 4) is 17.2 Å². The summed E-state index contributed by atoms with van der Waals surface area (Å²) in [5, 5.41) is 2.48. The predicted molar refractivity (Wildman–Crippen MR) is 184 cm³/mol. The second-order valence-corrected chi connectivity index (χ2v) is 12.6. The normalized spacial score (nSPS) is 11.7. The standard InChI is InChI=1S/C39H31N4S/c1-27(2)28-21-22-40-39(23-28)43-35-16-7-6-15-33(35)34-20-19-32(25-38(34)43)44-31-14-10-13-30(24-31)42-26-41(29-11-4-3-5-12-29)36-17-8-9-18-37(36)42/h3-27H,1-2H3/q+1. The summed E-state index contributed by atoms with van der Waals surface area (Å²) in [6, 6.07) is 47.7. The quantitative estimate of drug-likeness (QED) is 0.181. The molecular weight excluding hydrogens is 557 g/mol. The van der Waals surface area contributed by atoms with Gasteiger partial charge in [0.25, 0.3) is 0 Å². The molecule has 3 aromatic heterocycles. The Kier molecular flexibility index (Phi) is 6.54. The van der Waals surface area contributed by atoms with Gasteiger partial charge in [0.1, 0.15) is 17.2 Å². The first-order chi connectivity index (χ1) is 21.6. The number of nitrogens with zero attached hydrogens (tertiary/aromatic N) is 4. The predicted octanol–water partition coefficient (Wildman–Crippen LogP) is 10.5. The van der Waals surface area contributed by atoms with Crippen LogP contribution in [0.2, 0.25) is 0 Å². The Morgan fingerprint density at radius 1 is 0.568 bits per heavy atom. The summed E-state index contributed by atoms with van der Waals surface area (Å²) in [6.07, 6.45) is 4.12. The largest absolute Gasteiger partial charge is 0.294 e. The molecule has 4 nitrogen and oxygen atoms in total. The molecule has 44 heavy (non-hydrogen) atoms. The van der Waals surface area contributed by atoms with Crippen LogP contribution in [0.3, 0.4) is 0 Å². The van der Waals surface area contributed by atoms with Crippen molar-refractivity contribution in [2.75, 3.05) is 0 Å². The SMILES string of the molecule is CC(C)c1ccnc(-n2c3ccccc3c3ccc(Sc4cccc(-n5[cH+]n(-c6ccccc6)c6ccccc65)c4)cc32)c1. The van der Waals surface area contributed by atoms with E-state index in [4.69, 9.17) is 4.98 Å². The topological polar surface area (TPSA) is 27.7 Å². The van der Waals surface area contributed by atoms with E-state index in [-0.39, 0.29) is 0 Å². The lowest BCUT2D eigenvalue weighted by atomic mass is 10.1. The molecule has 0 atom stereocenters. The molecule has 0 N–H and O–H groups in total. The van der Waals surface area contributed by atoms with E-state index in [9.17, 15) is 0 Å². The molecule has 5 aromatic carbocycles. The molecule has 0 amide bonds. The van der Waals surface area contributed by atoms with E-state index in [1.807, 2.05) is 6.20 Å². The van der Waals surface area contributed by atoms with Gasteiger partial charge in [-0.15, -0.1) is 0 Å². The van der Waals surface area contributed by atoms with Gasteiger partial charge in [0.05, 0.1) is 11.0 Å². The molecule has 3 heterocycles. The van der Waals surface area contributed by atoms with Gasteiger partial charge in [-0.2, -0.15) is 9.13 Å². The molecule has 0 bridgehead atoms. The molecule has 0 aliphatic carbocycles. The molecule has 8 aromatic rings. The number of hydrogen-bond acceptors (Lipinski definition) is 2. The summed E-state index contributed by atoms with van der Waals surface area (Å²) >= 11 is 1.79. The highest BCUT2D eigenvalue weighted by molar-refractivity contribution is 7.99.